The molecule has 0 radical (unpaired) electrons. The summed E-state index contributed by atoms with van der Waals surface area (Å²) < 4.78 is 0. The maximum atomic E-state index is 13.2. The maximum Gasteiger partial charge on any atom is 0.253 e. The molecule has 2 atom stereocenters. The highest BCUT2D eigenvalue weighted by molar-refractivity contribution is 6.13. The Kier molecular flexibility index (Phi) is 12.7. The van der Waals surface area contributed by atoms with Crippen molar-refractivity contribution in [2.75, 3.05) is 31.5 Å². The molecular formula is C33H41N5O8. The van der Waals surface area contributed by atoms with E-state index in [1.807, 2.05) is 19.1 Å². The van der Waals surface area contributed by atoms with Crippen molar-refractivity contribution < 1.29 is 38.4 Å². The molecular weight excluding hydrogens is 594 g/mol. The van der Waals surface area contributed by atoms with Crippen molar-refractivity contribution >= 4 is 52.8 Å². The lowest BCUT2D eigenvalue weighted by molar-refractivity contribution is -0.140. The van der Waals surface area contributed by atoms with Crippen LogP contribution < -0.4 is 10.6 Å². The molecule has 2 N–H and O–H groups in total. The third-order valence-electron chi connectivity index (χ3n) is 7.82. The molecule has 2 aliphatic heterocycles. The molecule has 0 unspecified atom stereocenters. The highest BCUT2D eigenvalue weighted by atomic mass is 16.2. The Bertz CT molecular complexity index is 1350. The van der Waals surface area contributed by atoms with Gasteiger partial charge in [0.1, 0.15) is 0 Å². The summed E-state index contributed by atoms with van der Waals surface area (Å²) in [6.45, 7) is 6.84. The van der Waals surface area contributed by atoms with Gasteiger partial charge >= 0.3 is 0 Å². The van der Waals surface area contributed by atoms with Gasteiger partial charge in [0.05, 0.1) is 6.04 Å². The van der Waals surface area contributed by atoms with Crippen LogP contribution in [0.1, 0.15) is 52.5 Å². The highest BCUT2D eigenvalue weighted by Gasteiger charge is 2.30. The van der Waals surface area contributed by atoms with Crippen LogP contribution in [0.25, 0.3) is 0 Å². The molecule has 2 heterocycles. The van der Waals surface area contributed by atoms with E-state index >= 15 is 0 Å². The second-order valence-electron chi connectivity index (χ2n) is 11.6. The summed E-state index contributed by atoms with van der Waals surface area (Å²) >= 11 is 0. The van der Waals surface area contributed by atoms with Gasteiger partial charge in [0, 0.05) is 81.4 Å². The number of benzene rings is 1. The van der Waals surface area contributed by atoms with Gasteiger partial charge in [-0.2, -0.15) is 0 Å². The number of aryl methyl sites for hydroxylation is 1. The van der Waals surface area contributed by atoms with Gasteiger partial charge in [0.25, 0.3) is 23.6 Å². The van der Waals surface area contributed by atoms with Crippen molar-refractivity contribution in [2.24, 2.45) is 11.8 Å². The third kappa shape index (κ3) is 9.78. The number of rotatable bonds is 17. The molecule has 246 valence electrons. The van der Waals surface area contributed by atoms with Gasteiger partial charge in [0.2, 0.25) is 17.7 Å². The molecule has 3 rings (SSSR count). The molecule has 0 fully saturated rings. The molecule has 0 saturated heterocycles. The van der Waals surface area contributed by atoms with E-state index < -0.39 is 47.4 Å². The van der Waals surface area contributed by atoms with Crippen molar-refractivity contribution in [3.8, 4) is 0 Å². The molecule has 7 amide bonds. The molecule has 0 bridgehead atoms. The predicted octanol–water partition coefficient (Wildman–Crippen LogP) is 1.38. The number of amides is 7. The van der Waals surface area contributed by atoms with Crippen LogP contribution in [0.15, 0.2) is 48.6 Å². The van der Waals surface area contributed by atoms with Crippen LogP contribution in [0.3, 0.4) is 0 Å². The van der Waals surface area contributed by atoms with Gasteiger partial charge in [-0.05, 0) is 30.0 Å². The number of hydrogen-bond acceptors (Lipinski definition) is 8. The minimum atomic E-state index is -0.878. The van der Waals surface area contributed by atoms with E-state index in [4.69, 9.17) is 0 Å². The average molecular weight is 636 g/mol. The molecule has 0 aliphatic carbocycles. The molecule has 0 spiro atoms. The number of nitrogens with one attached hydrogen (secondary N) is 2. The fourth-order valence-electron chi connectivity index (χ4n) is 4.96. The smallest absolute Gasteiger partial charge is 0.253 e. The van der Waals surface area contributed by atoms with Crippen molar-refractivity contribution in [2.45, 2.75) is 59.4 Å². The summed E-state index contributed by atoms with van der Waals surface area (Å²) in [7, 11) is 0. The van der Waals surface area contributed by atoms with Crippen molar-refractivity contribution in [1.29, 1.82) is 0 Å². The fourth-order valence-corrected chi connectivity index (χ4v) is 4.96. The normalized spacial score (nSPS) is 15.5. The van der Waals surface area contributed by atoms with E-state index in [1.165, 1.54) is 4.90 Å². The lowest BCUT2D eigenvalue weighted by Gasteiger charge is -2.27. The summed E-state index contributed by atoms with van der Waals surface area (Å²) in [5.41, 5.74) is 1.76. The van der Waals surface area contributed by atoms with Crippen molar-refractivity contribution in [3.63, 3.8) is 0 Å². The van der Waals surface area contributed by atoms with Crippen molar-refractivity contribution in [3.05, 3.63) is 54.1 Å². The minimum absolute atomic E-state index is 0.0704. The number of nitrogens with zero attached hydrogens (tertiary/aromatic N) is 3. The number of imide groups is 2. The minimum Gasteiger partial charge on any atom is -0.346 e. The monoisotopic (exact) mass is 635 g/mol. The summed E-state index contributed by atoms with van der Waals surface area (Å²) in [6, 6.07) is 6.56. The Hall–Kier alpha value is -4.94. The first-order valence-corrected chi connectivity index (χ1v) is 15.4. The van der Waals surface area contributed by atoms with Crippen LogP contribution in [0.2, 0.25) is 0 Å². The number of Topliss-reactive ketones (excluding diaryl/α,β-unsaturated/α-hetero) is 1. The van der Waals surface area contributed by atoms with Gasteiger partial charge < -0.3 is 15.5 Å². The van der Waals surface area contributed by atoms with Crippen LogP contribution in [0.4, 0.5) is 5.69 Å². The quantitative estimate of drug-likeness (QED) is 0.242. The van der Waals surface area contributed by atoms with Crippen LogP contribution >= 0.6 is 0 Å². The molecule has 0 aromatic heterocycles. The number of carbonyl (C=O) groups excluding carboxylic acids is 8. The molecule has 46 heavy (non-hydrogen) atoms. The Morgan fingerprint density at radius 2 is 1.26 bits per heavy atom. The summed E-state index contributed by atoms with van der Waals surface area (Å²) in [5.74, 6) is -4.70. The highest BCUT2D eigenvalue weighted by Crippen LogP contribution is 2.16. The summed E-state index contributed by atoms with van der Waals surface area (Å²) in [5, 5.41) is 5.50. The van der Waals surface area contributed by atoms with E-state index in [0.717, 1.165) is 46.1 Å². The Balaban J connectivity index is 1.54. The zero-order valence-corrected chi connectivity index (χ0v) is 26.6. The van der Waals surface area contributed by atoms with Crippen LogP contribution in [-0.2, 0) is 44.8 Å². The van der Waals surface area contributed by atoms with Gasteiger partial charge in [-0.1, -0.05) is 39.8 Å². The molecule has 13 nitrogen and oxygen atoms in total. The molecule has 13 heteroatoms. The van der Waals surface area contributed by atoms with Gasteiger partial charge in [0.15, 0.2) is 5.78 Å². The second kappa shape index (κ2) is 16.4. The van der Waals surface area contributed by atoms with E-state index in [0.29, 0.717) is 5.69 Å². The fraction of sp³-hybridized carbons (Fsp3) is 0.455. The topological polar surface area (TPSA) is 170 Å². The Morgan fingerprint density at radius 3 is 1.72 bits per heavy atom. The number of hydrogen-bond donors (Lipinski definition) is 2. The van der Waals surface area contributed by atoms with Crippen LogP contribution in [0.5, 0.6) is 0 Å². The van der Waals surface area contributed by atoms with Gasteiger partial charge in [-0.25, -0.2) is 0 Å². The Morgan fingerprint density at radius 1 is 0.761 bits per heavy atom. The molecule has 1 aromatic rings. The first-order chi connectivity index (χ1) is 21.8. The van der Waals surface area contributed by atoms with Crippen LogP contribution in [0, 0.1) is 11.8 Å². The third-order valence-corrected chi connectivity index (χ3v) is 7.82. The van der Waals surface area contributed by atoms with E-state index in [2.05, 4.69) is 10.6 Å². The van der Waals surface area contributed by atoms with E-state index in [1.54, 1.807) is 32.9 Å². The second-order valence-corrected chi connectivity index (χ2v) is 11.6. The van der Waals surface area contributed by atoms with Gasteiger partial charge in [-0.3, -0.25) is 48.2 Å². The largest absolute Gasteiger partial charge is 0.346 e. The SMILES string of the molecule is CCc1ccc(NC(=O)[C@H](C)CC(=O)[C@@H](NC(=O)CCC(=O)N(CCN2C(=O)C=CC2=O)CCN2C(=O)C=CC2=O)C(C)C)cc1. The first-order valence-electron chi connectivity index (χ1n) is 15.4. The average Bonchev–Trinajstić information content (AvgIpc) is 3.52. The molecule has 2 aliphatic rings. The number of anilines is 1. The summed E-state index contributed by atoms with van der Waals surface area (Å²) in [6.07, 6.45) is 4.74. The van der Waals surface area contributed by atoms with Crippen molar-refractivity contribution in [1.82, 2.24) is 20.0 Å². The number of ketones is 1. The molecule has 0 saturated carbocycles. The first kappa shape index (κ1) is 35.5. The predicted molar refractivity (Wildman–Crippen MR) is 168 cm³/mol. The lowest BCUT2D eigenvalue weighted by Crippen LogP contribution is -2.46. The van der Waals surface area contributed by atoms with Crippen LogP contribution in [-0.4, -0.2) is 94.1 Å². The number of carbonyl (C=O) groups is 8. The Labute approximate surface area is 268 Å². The lowest BCUT2D eigenvalue weighted by atomic mass is 9.92. The standard InChI is InChI=1S/C33H41N5O8/c1-5-23-6-8-24(9-7-23)34-33(46)22(4)20-25(39)32(21(2)3)35-26(40)10-11-27(41)36(16-18-37-28(42)12-13-29(37)43)17-19-38-30(44)14-15-31(38)45/h6-9,12-15,21-22,32H,5,10-11,16-20H2,1-4H3,(H,34,46)(H,35,40)/t22-,32+/m1/s1. The van der Waals surface area contributed by atoms with E-state index in [9.17, 15) is 38.4 Å². The molecule has 1 aromatic carbocycles. The maximum absolute atomic E-state index is 13.2. The summed E-state index contributed by atoms with van der Waals surface area (Å²) in [4.78, 5) is 103. The zero-order valence-electron chi connectivity index (χ0n) is 26.6. The zero-order chi connectivity index (χ0) is 34.0. The van der Waals surface area contributed by atoms with Gasteiger partial charge in [-0.15, -0.1) is 0 Å². The van der Waals surface area contributed by atoms with E-state index in [-0.39, 0.29) is 63.0 Å².